The SMILES string of the molecule is CC1(C)C2=C(CCC(Nc3ccc4c(c3)C(C)(C)c3ccccc3-4)=C2)c2ccccc21. The fourth-order valence-corrected chi connectivity index (χ4v) is 6.07. The first kappa shape index (κ1) is 18.7. The summed E-state index contributed by atoms with van der Waals surface area (Å²) in [6.45, 7) is 9.42. The number of rotatable bonds is 2. The third-order valence-electron chi connectivity index (χ3n) is 7.78. The lowest BCUT2D eigenvalue weighted by Crippen LogP contribution is -2.18. The Morgan fingerprint density at radius 3 is 2.06 bits per heavy atom. The van der Waals surface area contributed by atoms with Crippen molar-refractivity contribution in [3.8, 4) is 11.1 Å². The van der Waals surface area contributed by atoms with Crippen LogP contribution >= 0.6 is 0 Å². The van der Waals surface area contributed by atoms with Crippen molar-refractivity contribution in [1.29, 1.82) is 0 Å². The second-order valence-electron chi connectivity index (χ2n) is 10.3. The second-order valence-corrected chi connectivity index (χ2v) is 10.3. The zero-order valence-corrected chi connectivity index (χ0v) is 18.8. The van der Waals surface area contributed by atoms with Gasteiger partial charge in [-0.2, -0.15) is 0 Å². The van der Waals surface area contributed by atoms with E-state index in [9.17, 15) is 0 Å². The van der Waals surface area contributed by atoms with Crippen LogP contribution < -0.4 is 5.32 Å². The maximum atomic E-state index is 3.78. The first-order valence-electron chi connectivity index (χ1n) is 11.4. The van der Waals surface area contributed by atoms with E-state index in [1.807, 2.05) is 0 Å². The van der Waals surface area contributed by atoms with E-state index >= 15 is 0 Å². The molecular weight excluding hydrogens is 374 g/mol. The molecule has 0 heterocycles. The summed E-state index contributed by atoms with van der Waals surface area (Å²) >= 11 is 0. The van der Waals surface area contributed by atoms with Gasteiger partial charge >= 0.3 is 0 Å². The standard InChI is InChI=1S/C30H29N/c1-29(2)25-11-7-5-9-21(25)23-15-13-19(17-27(23)29)31-20-14-16-24-22-10-6-8-12-26(22)30(3,4)28(24)18-20/h5-13,15,17-18,31H,14,16H2,1-4H3. The van der Waals surface area contributed by atoms with E-state index in [1.165, 1.54) is 55.9 Å². The van der Waals surface area contributed by atoms with E-state index in [0.29, 0.717) is 0 Å². The monoisotopic (exact) mass is 403 g/mol. The maximum absolute atomic E-state index is 3.78. The molecule has 154 valence electrons. The fourth-order valence-electron chi connectivity index (χ4n) is 6.07. The molecule has 0 radical (unpaired) electrons. The smallest absolute Gasteiger partial charge is 0.0385 e. The van der Waals surface area contributed by atoms with Crippen molar-refractivity contribution in [2.24, 2.45) is 0 Å². The van der Waals surface area contributed by atoms with Gasteiger partial charge < -0.3 is 5.32 Å². The van der Waals surface area contributed by atoms with Crippen LogP contribution in [0.25, 0.3) is 16.7 Å². The molecule has 1 N–H and O–H groups in total. The van der Waals surface area contributed by atoms with Crippen LogP contribution in [0.1, 0.15) is 62.8 Å². The minimum Gasteiger partial charge on any atom is -0.359 e. The summed E-state index contributed by atoms with van der Waals surface area (Å²) in [6.07, 6.45) is 4.59. The van der Waals surface area contributed by atoms with Gasteiger partial charge in [-0.15, -0.1) is 0 Å². The summed E-state index contributed by atoms with van der Waals surface area (Å²) < 4.78 is 0. The van der Waals surface area contributed by atoms with Gasteiger partial charge in [-0.25, -0.2) is 0 Å². The zero-order chi connectivity index (χ0) is 21.4. The fraction of sp³-hybridized carbons (Fsp3) is 0.267. The Kier molecular flexibility index (Phi) is 3.76. The number of nitrogens with one attached hydrogen (secondary N) is 1. The molecule has 1 nitrogen and oxygen atoms in total. The van der Waals surface area contributed by atoms with E-state index in [-0.39, 0.29) is 10.8 Å². The van der Waals surface area contributed by atoms with Crippen molar-refractivity contribution in [2.45, 2.75) is 51.4 Å². The van der Waals surface area contributed by atoms with Crippen molar-refractivity contribution in [1.82, 2.24) is 0 Å². The lowest BCUT2D eigenvalue weighted by Gasteiger charge is -2.26. The van der Waals surface area contributed by atoms with Crippen LogP contribution in [-0.4, -0.2) is 0 Å². The van der Waals surface area contributed by atoms with Gasteiger partial charge in [0.25, 0.3) is 0 Å². The lowest BCUT2D eigenvalue weighted by molar-refractivity contribution is 0.649. The highest BCUT2D eigenvalue weighted by Gasteiger charge is 2.38. The summed E-state index contributed by atoms with van der Waals surface area (Å²) in [5.41, 5.74) is 14.2. The molecule has 3 aromatic carbocycles. The second kappa shape index (κ2) is 6.23. The van der Waals surface area contributed by atoms with Crippen LogP contribution in [0.15, 0.2) is 84.1 Å². The Labute approximate surface area is 185 Å². The molecule has 0 atom stereocenters. The summed E-state index contributed by atoms with van der Waals surface area (Å²) in [4.78, 5) is 0. The van der Waals surface area contributed by atoms with E-state index < -0.39 is 0 Å². The average Bonchev–Trinajstić information content (AvgIpc) is 3.14. The van der Waals surface area contributed by atoms with Gasteiger partial charge in [0.1, 0.15) is 0 Å². The summed E-state index contributed by atoms with van der Waals surface area (Å²) in [5.74, 6) is 0. The van der Waals surface area contributed by atoms with Crippen molar-refractivity contribution in [3.05, 3.63) is 106 Å². The number of benzene rings is 3. The van der Waals surface area contributed by atoms with Gasteiger partial charge in [0.05, 0.1) is 0 Å². The predicted molar refractivity (Wildman–Crippen MR) is 131 cm³/mol. The highest BCUT2D eigenvalue weighted by atomic mass is 14.9. The largest absolute Gasteiger partial charge is 0.359 e. The lowest BCUT2D eigenvalue weighted by atomic mass is 9.79. The Balaban J connectivity index is 1.36. The van der Waals surface area contributed by atoms with Crippen molar-refractivity contribution >= 4 is 11.3 Å². The topological polar surface area (TPSA) is 12.0 Å². The molecule has 1 heteroatoms. The van der Waals surface area contributed by atoms with Gasteiger partial charge in [-0.05, 0) is 75.6 Å². The number of fused-ring (bicyclic) bond motifs is 5. The molecule has 0 spiro atoms. The minimum atomic E-state index is 0.0371. The van der Waals surface area contributed by atoms with Crippen molar-refractivity contribution in [3.63, 3.8) is 0 Å². The van der Waals surface area contributed by atoms with Crippen LogP contribution in [0.2, 0.25) is 0 Å². The van der Waals surface area contributed by atoms with Gasteiger partial charge in [-0.1, -0.05) is 82.3 Å². The molecule has 0 saturated heterocycles. The molecule has 3 aliphatic rings. The molecule has 0 aliphatic heterocycles. The Morgan fingerprint density at radius 1 is 0.645 bits per heavy atom. The molecule has 6 rings (SSSR count). The molecule has 0 saturated carbocycles. The molecule has 0 aromatic heterocycles. The summed E-state index contributed by atoms with van der Waals surface area (Å²) in [6, 6.07) is 24.7. The normalized spacial score (nSPS) is 19.3. The van der Waals surface area contributed by atoms with Crippen LogP contribution in [0.5, 0.6) is 0 Å². The first-order chi connectivity index (χ1) is 14.9. The Morgan fingerprint density at radius 2 is 1.29 bits per heavy atom. The van der Waals surface area contributed by atoms with Crippen molar-refractivity contribution in [2.75, 3.05) is 5.32 Å². The molecule has 31 heavy (non-hydrogen) atoms. The quantitative estimate of drug-likeness (QED) is 0.460. The molecule has 0 bridgehead atoms. The van der Waals surface area contributed by atoms with Gasteiger partial charge in [0, 0.05) is 22.2 Å². The third kappa shape index (κ3) is 2.56. The maximum Gasteiger partial charge on any atom is 0.0385 e. The number of anilines is 1. The number of hydrogen-bond donors (Lipinski definition) is 1. The molecule has 0 unspecified atom stereocenters. The Bertz CT molecular complexity index is 1300. The summed E-state index contributed by atoms with van der Waals surface area (Å²) in [7, 11) is 0. The van der Waals surface area contributed by atoms with Gasteiger partial charge in [0.15, 0.2) is 0 Å². The summed E-state index contributed by atoms with van der Waals surface area (Å²) in [5, 5.41) is 3.78. The highest BCUT2D eigenvalue weighted by molar-refractivity contribution is 5.85. The van der Waals surface area contributed by atoms with E-state index in [0.717, 1.165) is 12.8 Å². The molecule has 3 aromatic rings. The van der Waals surface area contributed by atoms with Gasteiger partial charge in [-0.3, -0.25) is 0 Å². The van der Waals surface area contributed by atoms with Gasteiger partial charge in [0.2, 0.25) is 0 Å². The van der Waals surface area contributed by atoms with E-state index in [2.05, 4.69) is 106 Å². The molecule has 0 amide bonds. The van der Waals surface area contributed by atoms with E-state index in [4.69, 9.17) is 0 Å². The highest BCUT2D eigenvalue weighted by Crippen LogP contribution is 2.51. The average molecular weight is 404 g/mol. The third-order valence-corrected chi connectivity index (χ3v) is 7.78. The molecule has 3 aliphatic carbocycles. The number of hydrogen-bond acceptors (Lipinski definition) is 1. The van der Waals surface area contributed by atoms with E-state index in [1.54, 1.807) is 0 Å². The minimum absolute atomic E-state index is 0.0371. The first-order valence-corrected chi connectivity index (χ1v) is 11.4. The molecular formula is C30H29N. The van der Waals surface area contributed by atoms with Crippen LogP contribution in [0.4, 0.5) is 5.69 Å². The predicted octanol–water partition coefficient (Wildman–Crippen LogP) is 7.83. The van der Waals surface area contributed by atoms with Crippen LogP contribution in [0.3, 0.4) is 0 Å². The number of allylic oxidation sites excluding steroid dienone is 4. The zero-order valence-electron chi connectivity index (χ0n) is 18.8. The Hall–Kier alpha value is -3.06. The van der Waals surface area contributed by atoms with Crippen molar-refractivity contribution < 1.29 is 0 Å². The van der Waals surface area contributed by atoms with Crippen LogP contribution in [0, 0.1) is 0 Å². The van der Waals surface area contributed by atoms with Crippen LogP contribution in [-0.2, 0) is 10.8 Å². The molecule has 0 fully saturated rings.